The number of anilines is 1. The number of aliphatic hydroxyl groups is 2. The second-order valence-corrected chi connectivity index (χ2v) is 18.0. The number of thiophene rings is 2. The largest absolute Gasteiger partial charge is 0.506 e. The van der Waals surface area contributed by atoms with Gasteiger partial charge in [-0.15, -0.1) is 22.7 Å². The average molecular weight is 813 g/mol. The van der Waals surface area contributed by atoms with E-state index in [9.17, 15) is 24.9 Å². The Kier molecular flexibility index (Phi) is 12.6. The molecule has 1 saturated carbocycles. The molecule has 0 unspecified atom stereocenters. The molecular weight excluding hydrogens is 761 g/mol. The Morgan fingerprint density at radius 3 is 2.40 bits per heavy atom. The van der Waals surface area contributed by atoms with Gasteiger partial charge in [0.25, 0.3) is 0 Å². The number of phenols is 1. The minimum atomic E-state index is -1.80. The lowest BCUT2D eigenvalue weighted by Crippen LogP contribution is -2.42. The Labute approximate surface area is 340 Å². The molecule has 1 fully saturated rings. The van der Waals surface area contributed by atoms with Crippen LogP contribution in [0.3, 0.4) is 0 Å². The van der Waals surface area contributed by atoms with Gasteiger partial charge in [0.15, 0.2) is 0 Å². The van der Waals surface area contributed by atoms with Gasteiger partial charge in [-0.3, -0.25) is 4.79 Å². The summed E-state index contributed by atoms with van der Waals surface area (Å²) in [5, 5.41) is 44.6. The van der Waals surface area contributed by atoms with Crippen LogP contribution in [0, 0.1) is 19.4 Å². The molecule has 7 N–H and O–H groups in total. The number of carbonyl (C=O) groups excluding carboxylic acids is 1. The lowest BCUT2D eigenvalue weighted by atomic mass is 9.91. The summed E-state index contributed by atoms with van der Waals surface area (Å²) in [5.41, 5.74) is 11.9. The molecule has 5 aromatic rings. The summed E-state index contributed by atoms with van der Waals surface area (Å²) in [4.78, 5) is 33.7. The van der Waals surface area contributed by atoms with Gasteiger partial charge in [-0.1, -0.05) is 6.07 Å². The summed E-state index contributed by atoms with van der Waals surface area (Å²) in [5.74, 6) is -0.642. The van der Waals surface area contributed by atoms with Crippen LogP contribution < -0.4 is 16.2 Å². The molecule has 0 spiro atoms. The molecule has 2 aromatic carbocycles. The third-order valence-electron chi connectivity index (χ3n) is 11.5. The Hall–Kier alpha value is -4.44. The Bertz CT molecular complexity index is 2250. The zero-order valence-electron chi connectivity index (χ0n) is 32.7. The first-order valence-corrected chi connectivity index (χ1v) is 21.4. The molecular formula is C43H52N6O6S2. The molecule has 302 valence electrons. The number of phenolic OH excluding ortho intramolecular Hbond substituents is 1. The van der Waals surface area contributed by atoms with Crippen LogP contribution in [0.5, 0.6) is 5.75 Å². The highest BCUT2D eigenvalue weighted by atomic mass is 32.1. The number of fused-ring (bicyclic) bond motifs is 2. The van der Waals surface area contributed by atoms with Gasteiger partial charge >= 0.3 is 5.97 Å². The number of benzene rings is 2. The summed E-state index contributed by atoms with van der Waals surface area (Å²) in [6.07, 6.45) is 6.01. The van der Waals surface area contributed by atoms with Gasteiger partial charge in [0.1, 0.15) is 17.5 Å². The number of hydrogen-bond acceptors (Lipinski definition) is 13. The molecule has 1 atom stereocenters. The third-order valence-corrected chi connectivity index (χ3v) is 13.8. The van der Waals surface area contributed by atoms with E-state index in [-0.39, 0.29) is 24.0 Å². The number of aromatic nitrogens is 1. The molecule has 0 aliphatic heterocycles. The monoisotopic (exact) mass is 812 g/mol. The van der Waals surface area contributed by atoms with Gasteiger partial charge in [0.2, 0.25) is 11.2 Å². The smallest absolute Gasteiger partial charge is 0.349 e. The van der Waals surface area contributed by atoms with E-state index in [0.717, 1.165) is 85.5 Å². The lowest BCUT2D eigenvalue weighted by Gasteiger charge is -2.35. The molecule has 57 heavy (non-hydrogen) atoms. The van der Waals surface area contributed by atoms with E-state index in [0.29, 0.717) is 44.5 Å². The number of esters is 1. The van der Waals surface area contributed by atoms with E-state index >= 15 is 0 Å². The lowest BCUT2D eigenvalue weighted by molar-refractivity contribution is -0.169. The SMILES string of the molecule is Cc1ccc(C(O)(C(=O)OC2CCC(N(C)CCCNc3c(N=N)cc(CNC[C@H](O)c4ccc(O)c5[nH]c(=O)ccc45)c4c3CCC4)CC2)c2ccc(C)s2)s1. The van der Waals surface area contributed by atoms with Crippen LogP contribution in [0.2, 0.25) is 0 Å². The number of H-pyrrole nitrogens is 1. The minimum Gasteiger partial charge on any atom is -0.506 e. The Balaban J connectivity index is 0.895. The number of nitrogens with zero attached hydrogens (tertiary/aromatic N) is 2. The fraction of sp³-hybridized carbons (Fsp3) is 0.442. The van der Waals surface area contributed by atoms with Crippen molar-refractivity contribution in [3.05, 3.63) is 107 Å². The second kappa shape index (κ2) is 17.6. The van der Waals surface area contributed by atoms with E-state index in [1.165, 1.54) is 45.9 Å². The average Bonchev–Trinajstić information content (AvgIpc) is 3.99. The van der Waals surface area contributed by atoms with Gasteiger partial charge in [-0.05, 0) is 144 Å². The van der Waals surface area contributed by atoms with Crippen molar-refractivity contribution in [2.75, 3.05) is 32.0 Å². The number of pyridine rings is 1. The van der Waals surface area contributed by atoms with E-state index in [4.69, 9.17) is 10.3 Å². The van der Waals surface area contributed by atoms with Crippen LogP contribution in [0.1, 0.15) is 86.4 Å². The molecule has 0 saturated heterocycles. The number of aliphatic hydroxyl groups excluding tert-OH is 1. The number of rotatable bonds is 16. The fourth-order valence-corrected chi connectivity index (χ4v) is 10.4. The van der Waals surface area contributed by atoms with Crippen molar-refractivity contribution < 1.29 is 24.9 Å². The van der Waals surface area contributed by atoms with Crippen LogP contribution in [-0.2, 0) is 34.5 Å². The highest BCUT2D eigenvalue weighted by molar-refractivity contribution is 7.14. The van der Waals surface area contributed by atoms with Crippen molar-refractivity contribution in [2.45, 2.75) is 95.6 Å². The standard InChI is InChI=1S/C43H52N6O6S2/c1-25-8-17-37(56-25)43(54,38-18-9-26(2)57-38)42(53)55-29-12-10-28(11-13-29)49(3)21-5-20-46-40-32-7-4-6-30(32)27(22-34(40)48-44)23-45-24-36(51)31-14-16-35(50)41-33(31)15-19-39(52)47-41/h8-9,14-19,22,28-29,36,44-46,50-51,54H,4-7,10-13,20-21,23-24H2,1-3H3,(H,47,52)/t28?,29?,36-/m0/s1. The maximum Gasteiger partial charge on any atom is 0.349 e. The summed E-state index contributed by atoms with van der Waals surface area (Å²) in [7, 11) is 2.15. The molecule has 3 aromatic heterocycles. The second-order valence-electron chi connectivity index (χ2n) is 15.4. The zero-order valence-corrected chi connectivity index (χ0v) is 34.3. The molecule has 14 heteroatoms. The van der Waals surface area contributed by atoms with Crippen LogP contribution in [0.25, 0.3) is 10.9 Å². The summed E-state index contributed by atoms with van der Waals surface area (Å²) in [6, 6.07) is 16.0. The van der Waals surface area contributed by atoms with E-state index in [1.54, 1.807) is 12.1 Å². The third kappa shape index (κ3) is 8.71. The number of aromatic hydroxyl groups is 1. The fourth-order valence-electron chi connectivity index (χ4n) is 8.44. The molecule has 7 rings (SSSR count). The zero-order chi connectivity index (χ0) is 40.3. The maximum absolute atomic E-state index is 13.6. The van der Waals surface area contributed by atoms with Crippen molar-refractivity contribution in [1.82, 2.24) is 15.2 Å². The van der Waals surface area contributed by atoms with Gasteiger partial charge in [-0.25, -0.2) is 10.3 Å². The highest BCUT2D eigenvalue weighted by Crippen LogP contribution is 2.41. The van der Waals surface area contributed by atoms with Crippen LogP contribution >= 0.6 is 22.7 Å². The van der Waals surface area contributed by atoms with Crippen LogP contribution in [0.4, 0.5) is 11.4 Å². The molecule has 0 amide bonds. The molecule has 3 heterocycles. The summed E-state index contributed by atoms with van der Waals surface area (Å²) >= 11 is 2.84. The molecule has 12 nitrogen and oxygen atoms in total. The van der Waals surface area contributed by atoms with Crippen molar-refractivity contribution in [1.29, 1.82) is 5.53 Å². The minimum absolute atomic E-state index is 0.0464. The molecule has 0 bridgehead atoms. The number of ether oxygens (including phenoxy) is 1. The first kappa shape index (κ1) is 40.7. The normalized spacial score (nSPS) is 17.5. The first-order valence-electron chi connectivity index (χ1n) is 19.8. The summed E-state index contributed by atoms with van der Waals surface area (Å²) < 4.78 is 6.04. The van der Waals surface area contributed by atoms with E-state index < -0.39 is 17.7 Å². The number of aryl methyl sites for hydroxylation is 2. The van der Waals surface area contributed by atoms with E-state index in [1.807, 2.05) is 44.2 Å². The van der Waals surface area contributed by atoms with Crippen molar-refractivity contribution >= 4 is 50.9 Å². The predicted molar refractivity (Wildman–Crippen MR) is 225 cm³/mol. The Morgan fingerprint density at radius 2 is 1.74 bits per heavy atom. The van der Waals surface area contributed by atoms with Crippen molar-refractivity contribution in [2.24, 2.45) is 5.11 Å². The van der Waals surface area contributed by atoms with Gasteiger partial charge in [0, 0.05) is 46.9 Å². The first-order chi connectivity index (χ1) is 27.5. The van der Waals surface area contributed by atoms with Crippen molar-refractivity contribution in [3.63, 3.8) is 0 Å². The van der Waals surface area contributed by atoms with Gasteiger partial charge < -0.3 is 40.6 Å². The quantitative estimate of drug-likeness (QED) is 0.0302. The predicted octanol–water partition coefficient (Wildman–Crippen LogP) is 7.47. The topological polar surface area (TPSA) is 183 Å². The number of aromatic amines is 1. The van der Waals surface area contributed by atoms with Crippen LogP contribution in [0.15, 0.2) is 64.5 Å². The number of hydrogen-bond donors (Lipinski definition) is 7. The van der Waals surface area contributed by atoms with Crippen LogP contribution in [-0.4, -0.2) is 70.0 Å². The van der Waals surface area contributed by atoms with Gasteiger partial charge in [0.05, 0.1) is 27.1 Å². The summed E-state index contributed by atoms with van der Waals surface area (Å²) in [6.45, 7) is 6.33. The number of carbonyl (C=O) groups is 1. The highest BCUT2D eigenvalue weighted by Gasteiger charge is 2.45. The molecule has 0 radical (unpaired) electrons. The molecule has 2 aliphatic rings. The molecule has 2 aliphatic carbocycles. The number of nitrogens with one attached hydrogen (secondary N) is 4. The van der Waals surface area contributed by atoms with E-state index in [2.05, 4.69) is 32.7 Å². The van der Waals surface area contributed by atoms with Crippen molar-refractivity contribution in [3.8, 4) is 5.75 Å². The maximum atomic E-state index is 13.6. The Morgan fingerprint density at radius 1 is 1.04 bits per heavy atom. The van der Waals surface area contributed by atoms with Gasteiger partial charge in [-0.2, -0.15) is 5.11 Å².